The van der Waals surface area contributed by atoms with E-state index >= 15 is 0 Å². The zero-order valence-corrected chi connectivity index (χ0v) is 10.7. The highest BCUT2D eigenvalue weighted by molar-refractivity contribution is 5.33. The molecule has 0 saturated carbocycles. The number of aliphatic hydroxyl groups is 1. The number of nitrogens with zero attached hydrogens (tertiary/aromatic N) is 2. The van der Waals surface area contributed by atoms with Gasteiger partial charge in [0.15, 0.2) is 0 Å². The van der Waals surface area contributed by atoms with E-state index in [4.69, 9.17) is 4.74 Å². The zero-order chi connectivity index (χ0) is 15.6. The molecule has 0 aliphatic heterocycles. The molecule has 0 amide bonds. The first-order valence-electron chi connectivity index (χ1n) is 5.73. The number of methoxy groups -OCH3 is 1. The lowest BCUT2D eigenvalue weighted by Gasteiger charge is -2.14. The van der Waals surface area contributed by atoms with Crippen molar-refractivity contribution < 1.29 is 27.4 Å². The summed E-state index contributed by atoms with van der Waals surface area (Å²) >= 11 is 0. The minimum Gasteiger partial charge on any atom is -0.481 e. The van der Waals surface area contributed by atoms with Crippen molar-refractivity contribution in [3.8, 4) is 5.88 Å². The predicted octanol–water partition coefficient (Wildman–Crippen LogP) is 2.72. The maximum atomic E-state index is 13.2. The second kappa shape index (κ2) is 5.65. The van der Waals surface area contributed by atoms with Gasteiger partial charge >= 0.3 is 6.18 Å². The SMILES string of the molecule is COc1cc(C(O)c2ccc(F)c(C(F)(F)F)c2)ncn1. The molecule has 2 aromatic rings. The van der Waals surface area contributed by atoms with Crippen LogP contribution in [0.3, 0.4) is 0 Å². The maximum absolute atomic E-state index is 13.2. The molecular formula is C13H10F4N2O2. The predicted molar refractivity (Wildman–Crippen MR) is 64.0 cm³/mol. The van der Waals surface area contributed by atoms with Gasteiger partial charge in [-0.1, -0.05) is 6.07 Å². The smallest absolute Gasteiger partial charge is 0.419 e. The van der Waals surface area contributed by atoms with E-state index in [1.165, 1.54) is 13.2 Å². The Hall–Kier alpha value is -2.22. The molecule has 0 aliphatic carbocycles. The van der Waals surface area contributed by atoms with Gasteiger partial charge in [-0.3, -0.25) is 0 Å². The first kappa shape index (κ1) is 15.2. The Kier molecular flexibility index (Phi) is 4.08. The van der Waals surface area contributed by atoms with Crippen molar-refractivity contribution in [3.63, 3.8) is 0 Å². The van der Waals surface area contributed by atoms with Crippen molar-refractivity contribution in [2.45, 2.75) is 12.3 Å². The van der Waals surface area contributed by atoms with E-state index in [-0.39, 0.29) is 17.1 Å². The summed E-state index contributed by atoms with van der Waals surface area (Å²) in [6.07, 6.45) is -5.20. The molecule has 112 valence electrons. The summed E-state index contributed by atoms with van der Waals surface area (Å²) in [5.74, 6) is -1.25. The minimum absolute atomic E-state index is 0.0431. The summed E-state index contributed by atoms with van der Waals surface area (Å²) in [7, 11) is 1.35. The number of ether oxygens (including phenoxy) is 1. The maximum Gasteiger partial charge on any atom is 0.419 e. The van der Waals surface area contributed by atoms with E-state index in [1.807, 2.05) is 0 Å². The quantitative estimate of drug-likeness (QED) is 0.886. The lowest BCUT2D eigenvalue weighted by Crippen LogP contribution is -2.11. The van der Waals surface area contributed by atoms with E-state index in [2.05, 4.69) is 9.97 Å². The highest BCUT2D eigenvalue weighted by Gasteiger charge is 2.34. The molecule has 1 aromatic heterocycles. The number of hydrogen-bond donors (Lipinski definition) is 1. The van der Waals surface area contributed by atoms with Crippen molar-refractivity contribution in [2.24, 2.45) is 0 Å². The molecule has 0 saturated heterocycles. The van der Waals surface area contributed by atoms with Crippen molar-refractivity contribution in [1.29, 1.82) is 0 Å². The van der Waals surface area contributed by atoms with Gasteiger partial charge in [0.1, 0.15) is 18.2 Å². The van der Waals surface area contributed by atoms with E-state index in [0.29, 0.717) is 12.1 Å². The van der Waals surface area contributed by atoms with Gasteiger partial charge in [0, 0.05) is 6.07 Å². The molecule has 4 nitrogen and oxygen atoms in total. The Morgan fingerprint density at radius 1 is 1.19 bits per heavy atom. The molecule has 0 aliphatic rings. The van der Waals surface area contributed by atoms with Gasteiger partial charge in [-0.25, -0.2) is 14.4 Å². The molecule has 0 fully saturated rings. The fraction of sp³-hybridized carbons (Fsp3) is 0.231. The molecular weight excluding hydrogens is 292 g/mol. The van der Waals surface area contributed by atoms with E-state index in [1.54, 1.807) is 0 Å². The van der Waals surface area contributed by atoms with Crippen LogP contribution in [0.1, 0.15) is 22.9 Å². The molecule has 0 bridgehead atoms. The van der Waals surface area contributed by atoms with E-state index < -0.39 is 23.7 Å². The van der Waals surface area contributed by atoms with Crippen molar-refractivity contribution in [2.75, 3.05) is 7.11 Å². The van der Waals surface area contributed by atoms with Crippen LogP contribution in [-0.2, 0) is 6.18 Å². The number of benzene rings is 1. The Labute approximate surface area is 117 Å². The van der Waals surface area contributed by atoms with Gasteiger partial charge in [-0.2, -0.15) is 13.2 Å². The standard InChI is InChI=1S/C13H10F4N2O2/c1-21-11-5-10(18-6-19-11)12(20)7-2-3-9(14)8(4-7)13(15,16)17/h2-6,12,20H,1H3. The van der Waals surface area contributed by atoms with Crippen LogP contribution in [0.25, 0.3) is 0 Å². The molecule has 1 atom stereocenters. The molecule has 2 rings (SSSR count). The van der Waals surface area contributed by atoms with Crippen LogP contribution >= 0.6 is 0 Å². The second-order valence-electron chi connectivity index (χ2n) is 4.12. The lowest BCUT2D eigenvalue weighted by atomic mass is 10.0. The molecule has 1 N–H and O–H groups in total. The van der Waals surface area contributed by atoms with Crippen LogP contribution in [0.15, 0.2) is 30.6 Å². The first-order chi connectivity index (χ1) is 9.82. The van der Waals surface area contributed by atoms with Gasteiger partial charge in [-0.05, 0) is 17.7 Å². The molecule has 1 heterocycles. The van der Waals surface area contributed by atoms with Crippen LogP contribution < -0.4 is 4.74 Å². The Bertz CT molecular complexity index is 646. The van der Waals surface area contributed by atoms with E-state index in [0.717, 1.165) is 12.4 Å². The normalized spacial score (nSPS) is 13.0. The van der Waals surface area contributed by atoms with Crippen molar-refractivity contribution >= 4 is 0 Å². The number of halogens is 4. The summed E-state index contributed by atoms with van der Waals surface area (Å²) in [5.41, 5.74) is -1.54. The number of hydrogen-bond acceptors (Lipinski definition) is 4. The Morgan fingerprint density at radius 2 is 1.90 bits per heavy atom. The summed E-state index contributed by atoms with van der Waals surface area (Å²) in [4.78, 5) is 7.48. The van der Waals surface area contributed by atoms with Crippen LogP contribution in [-0.4, -0.2) is 22.2 Å². The average Bonchev–Trinajstić information content (AvgIpc) is 2.46. The van der Waals surface area contributed by atoms with Gasteiger partial charge < -0.3 is 9.84 Å². The van der Waals surface area contributed by atoms with Gasteiger partial charge in [0.05, 0.1) is 18.4 Å². The zero-order valence-electron chi connectivity index (χ0n) is 10.7. The molecule has 0 spiro atoms. The lowest BCUT2D eigenvalue weighted by molar-refractivity contribution is -0.140. The molecule has 21 heavy (non-hydrogen) atoms. The molecule has 1 unspecified atom stereocenters. The highest BCUT2D eigenvalue weighted by Crippen LogP contribution is 2.34. The van der Waals surface area contributed by atoms with Crippen LogP contribution in [0, 0.1) is 5.82 Å². The summed E-state index contributed by atoms with van der Waals surface area (Å²) in [6.45, 7) is 0. The average molecular weight is 302 g/mol. The van der Waals surface area contributed by atoms with Crippen molar-refractivity contribution in [3.05, 3.63) is 53.2 Å². The number of aliphatic hydroxyl groups excluding tert-OH is 1. The largest absolute Gasteiger partial charge is 0.481 e. The monoisotopic (exact) mass is 302 g/mol. The van der Waals surface area contributed by atoms with Crippen molar-refractivity contribution in [1.82, 2.24) is 9.97 Å². The Morgan fingerprint density at radius 3 is 2.52 bits per heavy atom. The van der Waals surface area contributed by atoms with Crippen LogP contribution in [0.4, 0.5) is 17.6 Å². The third kappa shape index (κ3) is 3.27. The van der Waals surface area contributed by atoms with Crippen LogP contribution in [0.2, 0.25) is 0 Å². The van der Waals surface area contributed by atoms with Gasteiger partial charge in [0.2, 0.25) is 5.88 Å². The third-order valence-electron chi connectivity index (χ3n) is 2.76. The minimum atomic E-state index is -4.84. The molecule has 8 heteroatoms. The molecule has 1 aromatic carbocycles. The first-order valence-corrected chi connectivity index (χ1v) is 5.73. The topological polar surface area (TPSA) is 55.2 Å². The third-order valence-corrected chi connectivity index (χ3v) is 2.76. The number of rotatable bonds is 3. The molecule has 0 radical (unpaired) electrons. The van der Waals surface area contributed by atoms with Gasteiger partial charge in [0.25, 0.3) is 0 Å². The number of alkyl halides is 3. The summed E-state index contributed by atoms with van der Waals surface area (Å²) in [5, 5.41) is 10.1. The van der Waals surface area contributed by atoms with E-state index in [9.17, 15) is 22.7 Å². The fourth-order valence-corrected chi connectivity index (χ4v) is 1.72. The number of aromatic nitrogens is 2. The second-order valence-corrected chi connectivity index (χ2v) is 4.12. The van der Waals surface area contributed by atoms with Gasteiger partial charge in [-0.15, -0.1) is 0 Å². The fourth-order valence-electron chi connectivity index (χ4n) is 1.72. The Balaban J connectivity index is 2.41. The highest BCUT2D eigenvalue weighted by atomic mass is 19.4. The van der Waals surface area contributed by atoms with Crippen LogP contribution in [0.5, 0.6) is 5.88 Å². The summed E-state index contributed by atoms with van der Waals surface area (Å²) < 4.78 is 56.0. The summed E-state index contributed by atoms with van der Waals surface area (Å²) in [6, 6.07) is 3.54.